The summed E-state index contributed by atoms with van der Waals surface area (Å²) in [4.78, 5) is 26.7. The molecule has 0 saturated carbocycles. The predicted molar refractivity (Wildman–Crippen MR) is 348 cm³/mol. The van der Waals surface area contributed by atoms with Crippen LogP contribution < -0.4 is 5.32 Å². The maximum atomic E-state index is 13.5. The minimum atomic E-state index is -1.61. The second-order valence-electron chi connectivity index (χ2n) is 25.3. The van der Waals surface area contributed by atoms with Gasteiger partial charge in [0.1, 0.15) is 24.4 Å². The molecule has 0 radical (unpaired) electrons. The first-order chi connectivity index (χ1) is 40.7. The van der Waals surface area contributed by atoms with Crippen LogP contribution in [0.15, 0.2) is 24.3 Å². The van der Waals surface area contributed by atoms with E-state index in [1.54, 1.807) is 6.08 Å². The van der Waals surface area contributed by atoms with Crippen LogP contribution in [0.2, 0.25) is 0 Å². The molecule has 1 rings (SSSR count). The number of ether oxygens (including phenoxy) is 3. The highest BCUT2D eigenvalue weighted by Crippen LogP contribution is 2.26. The van der Waals surface area contributed by atoms with Gasteiger partial charge in [-0.3, -0.25) is 9.59 Å². The molecule has 1 heterocycles. The average Bonchev–Trinajstić information content (AvgIpc) is 3.54. The standard InChI is InChI=1S/C72H137NO10/c1-4-7-10-13-16-19-22-25-27-29-31-32-33-35-36-38-41-44-47-50-53-56-59-65(76)71(80)73-63(64(75)58-55-52-49-46-43-40-24-21-18-15-12-9-6-3)62-81-72-70(69(79)68(78)66(61-74)82-72)83-67(77)60-57-54-51-48-45-42-39-37-34-30-28-26-23-20-17-14-11-8-5-2/h25,27,55,58,63-66,68-70,72,74-76,78-79H,4-24,26,28-54,56-57,59-62H2,1-3H3,(H,73,80)/b27-25+,58-55+. The molecule has 1 fully saturated rings. The minimum Gasteiger partial charge on any atom is -0.454 e. The maximum absolute atomic E-state index is 13.5. The first kappa shape index (κ1) is 79.2. The van der Waals surface area contributed by atoms with Gasteiger partial charge in [0, 0.05) is 6.42 Å². The van der Waals surface area contributed by atoms with E-state index in [1.165, 1.54) is 257 Å². The van der Waals surface area contributed by atoms with E-state index >= 15 is 0 Å². The van der Waals surface area contributed by atoms with Crippen molar-refractivity contribution in [1.29, 1.82) is 0 Å². The molecule has 0 spiro atoms. The number of carbonyl (C=O) groups is 2. The maximum Gasteiger partial charge on any atom is 0.306 e. The van der Waals surface area contributed by atoms with Gasteiger partial charge in [-0.25, -0.2) is 0 Å². The zero-order chi connectivity index (χ0) is 60.3. The molecular formula is C72H137NO10. The van der Waals surface area contributed by atoms with E-state index in [0.717, 1.165) is 57.8 Å². The summed E-state index contributed by atoms with van der Waals surface area (Å²) in [5.41, 5.74) is 0. The molecule has 1 aliphatic rings. The normalized spacial score (nSPS) is 18.6. The number of hydrogen-bond acceptors (Lipinski definition) is 10. The van der Waals surface area contributed by atoms with Gasteiger partial charge in [-0.05, 0) is 51.4 Å². The third-order valence-corrected chi connectivity index (χ3v) is 17.4. The summed E-state index contributed by atoms with van der Waals surface area (Å²) in [6.45, 7) is 5.85. The van der Waals surface area contributed by atoms with Crippen LogP contribution in [0.4, 0.5) is 0 Å². The molecule has 0 aromatic carbocycles. The molecule has 83 heavy (non-hydrogen) atoms. The Labute approximate surface area is 511 Å². The van der Waals surface area contributed by atoms with Gasteiger partial charge >= 0.3 is 5.97 Å². The topological polar surface area (TPSA) is 175 Å². The molecule has 8 atom stereocenters. The van der Waals surface area contributed by atoms with E-state index < -0.39 is 67.4 Å². The van der Waals surface area contributed by atoms with Crippen LogP contribution in [0.3, 0.4) is 0 Å². The molecule has 11 heteroatoms. The van der Waals surface area contributed by atoms with Crippen molar-refractivity contribution in [3.05, 3.63) is 24.3 Å². The Morgan fingerprint density at radius 2 is 0.795 bits per heavy atom. The lowest BCUT2D eigenvalue weighted by atomic mass is 9.99. The summed E-state index contributed by atoms with van der Waals surface area (Å²) in [6.07, 6.45) is 62.2. The fraction of sp³-hybridized carbons (Fsp3) is 0.917. The summed E-state index contributed by atoms with van der Waals surface area (Å²) in [6, 6.07) is -1.02. The molecule has 6 N–H and O–H groups in total. The fourth-order valence-corrected chi connectivity index (χ4v) is 11.7. The van der Waals surface area contributed by atoms with E-state index in [9.17, 15) is 35.1 Å². The lowest BCUT2D eigenvalue weighted by molar-refractivity contribution is -0.305. The number of rotatable bonds is 63. The number of amides is 1. The highest BCUT2D eigenvalue weighted by atomic mass is 16.7. The third-order valence-electron chi connectivity index (χ3n) is 17.4. The van der Waals surface area contributed by atoms with Gasteiger partial charge in [-0.1, -0.05) is 328 Å². The number of aliphatic hydroxyl groups excluding tert-OH is 5. The molecule has 8 unspecified atom stereocenters. The Morgan fingerprint density at radius 3 is 1.17 bits per heavy atom. The Morgan fingerprint density at radius 1 is 0.458 bits per heavy atom. The summed E-state index contributed by atoms with van der Waals surface area (Å²) < 4.78 is 17.7. The van der Waals surface area contributed by atoms with Gasteiger partial charge in [0.15, 0.2) is 12.4 Å². The number of unbranched alkanes of at least 4 members (excludes halogenated alkanes) is 47. The van der Waals surface area contributed by atoms with Crippen LogP contribution >= 0.6 is 0 Å². The van der Waals surface area contributed by atoms with Gasteiger partial charge < -0.3 is 45.1 Å². The van der Waals surface area contributed by atoms with Crippen molar-refractivity contribution in [1.82, 2.24) is 5.32 Å². The molecule has 0 bridgehead atoms. The second kappa shape index (κ2) is 60.4. The Balaban J connectivity index is 2.58. The number of esters is 1. The van der Waals surface area contributed by atoms with Gasteiger partial charge in [0.05, 0.1) is 25.4 Å². The lowest BCUT2D eigenvalue weighted by Gasteiger charge is -2.41. The third kappa shape index (κ3) is 47.8. The summed E-state index contributed by atoms with van der Waals surface area (Å²) in [5.74, 6) is -1.17. The van der Waals surface area contributed by atoms with E-state index in [0.29, 0.717) is 19.3 Å². The Bertz CT molecular complexity index is 1450. The Kier molecular flexibility index (Phi) is 57.6. The number of nitrogens with one attached hydrogen (secondary N) is 1. The van der Waals surface area contributed by atoms with Crippen LogP contribution in [0, 0.1) is 0 Å². The van der Waals surface area contributed by atoms with E-state index in [2.05, 4.69) is 38.2 Å². The van der Waals surface area contributed by atoms with Crippen molar-refractivity contribution in [2.24, 2.45) is 0 Å². The minimum absolute atomic E-state index is 0.131. The molecule has 1 aliphatic heterocycles. The van der Waals surface area contributed by atoms with Gasteiger partial charge in [-0.2, -0.15) is 0 Å². The molecule has 0 aromatic heterocycles. The zero-order valence-electron chi connectivity index (χ0n) is 54.6. The molecular weight excluding hydrogens is 1040 g/mol. The molecule has 1 saturated heterocycles. The molecule has 0 aliphatic carbocycles. The molecule has 0 aromatic rings. The van der Waals surface area contributed by atoms with Gasteiger partial charge in [-0.15, -0.1) is 0 Å². The number of carbonyl (C=O) groups excluding carboxylic acids is 2. The molecule has 11 nitrogen and oxygen atoms in total. The molecule has 1 amide bonds. The summed E-state index contributed by atoms with van der Waals surface area (Å²) >= 11 is 0. The van der Waals surface area contributed by atoms with E-state index in [4.69, 9.17) is 14.2 Å². The van der Waals surface area contributed by atoms with Crippen LogP contribution in [0.25, 0.3) is 0 Å². The highest BCUT2D eigenvalue weighted by molar-refractivity contribution is 5.80. The van der Waals surface area contributed by atoms with Crippen molar-refractivity contribution in [2.75, 3.05) is 13.2 Å². The summed E-state index contributed by atoms with van der Waals surface area (Å²) in [5, 5.41) is 57.3. The Hall–Kier alpha value is -1.86. The van der Waals surface area contributed by atoms with Crippen LogP contribution in [-0.4, -0.2) is 99.6 Å². The van der Waals surface area contributed by atoms with Crippen LogP contribution in [-0.2, 0) is 23.8 Å². The van der Waals surface area contributed by atoms with Crippen molar-refractivity contribution in [3.8, 4) is 0 Å². The molecule has 490 valence electrons. The SMILES string of the molecule is CCCCCCCC/C=C/CCCCCCCCCCCCCCC(O)C(=O)NC(COC1OC(CO)C(O)C(O)C1OC(=O)CCCCCCCCCCCCCCCCCCCCC)C(O)/C=C/CCCCCCCCCCCCC. The average molecular weight is 1180 g/mol. The zero-order valence-corrected chi connectivity index (χ0v) is 54.6. The first-order valence-electron chi connectivity index (χ1n) is 36.1. The van der Waals surface area contributed by atoms with Crippen molar-refractivity contribution in [3.63, 3.8) is 0 Å². The monoisotopic (exact) mass is 1180 g/mol. The van der Waals surface area contributed by atoms with Crippen molar-refractivity contribution in [2.45, 2.75) is 410 Å². The van der Waals surface area contributed by atoms with Crippen LogP contribution in [0.5, 0.6) is 0 Å². The smallest absolute Gasteiger partial charge is 0.306 e. The number of hydrogen-bond donors (Lipinski definition) is 6. The lowest BCUT2D eigenvalue weighted by Crippen LogP contribution is -2.61. The summed E-state index contributed by atoms with van der Waals surface area (Å²) in [7, 11) is 0. The van der Waals surface area contributed by atoms with Gasteiger partial charge in [0.25, 0.3) is 0 Å². The van der Waals surface area contributed by atoms with Crippen molar-refractivity contribution >= 4 is 11.9 Å². The second-order valence-corrected chi connectivity index (χ2v) is 25.3. The van der Waals surface area contributed by atoms with E-state index in [-0.39, 0.29) is 13.0 Å². The van der Waals surface area contributed by atoms with E-state index in [1.807, 2.05) is 6.08 Å². The first-order valence-corrected chi connectivity index (χ1v) is 36.1. The quantitative estimate of drug-likeness (QED) is 0.0195. The number of allylic oxidation sites excluding steroid dienone is 3. The van der Waals surface area contributed by atoms with Crippen LogP contribution in [0.1, 0.15) is 361 Å². The predicted octanol–water partition coefficient (Wildman–Crippen LogP) is 18.4. The fourth-order valence-electron chi connectivity index (χ4n) is 11.7. The van der Waals surface area contributed by atoms with Crippen molar-refractivity contribution < 1.29 is 49.3 Å². The van der Waals surface area contributed by atoms with Gasteiger partial charge in [0.2, 0.25) is 5.91 Å². The largest absolute Gasteiger partial charge is 0.454 e. The highest BCUT2D eigenvalue weighted by Gasteiger charge is 2.47. The number of aliphatic hydroxyl groups is 5.